The molecule has 0 saturated heterocycles. The predicted octanol–water partition coefficient (Wildman–Crippen LogP) is 3.25. The molecule has 0 spiro atoms. The average molecular weight is 425 g/mol. The number of fused-ring (bicyclic) bond motifs is 2. The minimum absolute atomic E-state index is 0.103. The van der Waals surface area contributed by atoms with Gasteiger partial charge in [-0.25, -0.2) is 0 Å². The van der Waals surface area contributed by atoms with Gasteiger partial charge in [0, 0.05) is 47.8 Å². The second-order valence-corrected chi connectivity index (χ2v) is 8.27. The van der Waals surface area contributed by atoms with Gasteiger partial charge in [0.15, 0.2) is 5.43 Å². The second-order valence-electron chi connectivity index (χ2n) is 6.13. The molecule has 0 unspecified atom stereocenters. The number of carbonyl (C=O) groups is 2. The lowest BCUT2D eigenvalue weighted by molar-refractivity contribution is -0.380. The molecular weight excluding hydrogens is 414 g/mol. The van der Waals surface area contributed by atoms with E-state index in [-0.39, 0.29) is 32.5 Å². The first-order valence-electron chi connectivity index (χ1n) is 8.15. The Labute approximate surface area is 170 Å². The Morgan fingerprint density at radius 3 is 2.31 bits per heavy atom. The summed E-state index contributed by atoms with van der Waals surface area (Å²) in [6.07, 6.45) is 0. The van der Waals surface area contributed by atoms with E-state index in [0.717, 1.165) is 11.3 Å². The van der Waals surface area contributed by atoms with E-state index >= 15 is 0 Å². The summed E-state index contributed by atoms with van der Waals surface area (Å²) in [5.74, 6) is -1.35. The molecule has 4 aromatic rings. The van der Waals surface area contributed by atoms with Crippen molar-refractivity contribution in [1.29, 1.82) is 0 Å². The number of nitrogens with zero attached hydrogens (tertiary/aromatic N) is 1. The zero-order valence-corrected chi connectivity index (χ0v) is 16.1. The average Bonchev–Trinajstić information content (AvgIpc) is 3.17. The van der Waals surface area contributed by atoms with Gasteiger partial charge in [0.25, 0.3) is 0 Å². The van der Waals surface area contributed by atoms with Gasteiger partial charge in [-0.05, 0) is 36.4 Å². The molecule has 0 radical (unpaired) electrons. The van der Waals surface area contributed by atoms with Gasteiger partial charge in [-0.1, -0.05) is 11.3 Å². The molecule has 10 heteroatoms. The standard InChI is InChI=1S/C19H11N3O5S2/c20-18(24)8-1-2-9-13(7-8)28-12-4-3-10(19(21)25)15(16(12)17(9)23)11-5-6-14(29-11)22(26)27/h1-7H,(H2,20,24)(H2,21,25). The lowest BCUT2D eigenvalue weighted by Crippen LogP contribution is -2.14. The molecule has 2 amide bonds. The van der Waals surface area contributed by atoms with Crippen molar-refractivity contribution >= 4 is 59.7 Å². The Bertz CT molecular complexity index is 1420. The zero-order valence-electron chi connectivity index (χ0n) is 14.5. The van der Waals surface area contributed by atoms with E-state index in [9.17, 15) is 24.5 Å². The summed E-state index contributed by atoms with van der Waals surface area (Å²) in [6, 6.07) is 10.4. The number of nitro groups is 1. The van der Waals surface area contributed by atoms with E-state index in [2.05, 4.69) is 0 Å². The lowest BCUT2D eigenvalue weighted by atomic mass is 9.99. The van der Waals surface area contributed by atoms with Crippen LogP contribution in [0.1, 0.15) is 20.7 Å². The van der Waals surface area contributed by atoms with E-state index in [1.807, 2.05) is 0 Å². The van der Waals surface area contributed by atoms with Crippen molar-refractivity contribution < 1.29 is 14.5 Å². The minimum atomic E-state index is -0.744. The summed E-state index contributed by atoms with van der Waals surface area (Å²) in [7, 11) is 0. The van der Waals surface area contributed by atoms with Crippen LogP contribution < -0.4 is 16.9 Å². The number of carbonyl (C=O) groups excluding carboxylic acids is 2. The van der Waals surface area contributed by atoms with E-state index in [1.165, 1.54) is 41.7 Å². The third-order valence-electron chi connectivity index (χ3n) is 4.41. The number of amides is 2. The molecule has 0 aliphatic rings. The van der Waals surface area contributed by atoms with Gasteiger partial charge >= 0.3 is 5.00 Å². The largest absolute Gasteiger partial charge is 0.366 e. The highest BCUT2D eigenvalue weighted by atomic mass is 32.1. The molecule has 2 heterocycles. The highest BCUT2D eigenvalue weighted by Crippen LogP contribution is 2.39. The van der Waals surface area contributed by atoms with Crippen molar-refractivity contribution in [1.82, 2.24) is 0 Å². The number of thiophene rings is 1. The highest BCUT2D eigenvalue weighted by molar-refractivity contribution is 7.24. The SMILES string of the molecule is NC(=O)c1ccc2c(=O)c3c(-c4ccc([N+](=O)[O-])s4)c(C(N)=O)ccc3sc2c1. The number of nitrogens with two attached hydrogens (primary N) is 2. The Kier molecular flexibility index (Phi) is 4.36. The van der Waals surface area contributed by atoms with Crippen LogP contribution in [0.5, 0.6) is 0 Å². The molecule has 0 atom stereocenters. The Hall–Kier alpha value is -3.63. The van der Waals surface area contributed by atoms with Gasteiger partial charge in [-0.2, -0.15) is 0 Å². The van der Waals surface area contributed by atoms with Crippen LogP contribution in [0, 0.1) is 10.1 Å². The summed E-state index contributed by atoms with van der Waals surface area (Å²) in [5.41, 5.74) is 11.1. The fourth-order valence-electron chi connectivity index (χ4n) is 3.12. The third-order valence-corrected chi connectivity index (χ3v) is 6.58. The van der Waals surface area contributed by atoms with Crippen LogP contribution >= 0.6 is 22.7 Å². The molecule has 29 heavy (non-hydrogen) atoms. The maximum absolute atomic E-state index is 13.3. The number of rotatable bonds is 4. The summed E-state index contributed by atoms with van der Waals surface area (Å²) in [4.78, 5) is 47.7. The number of primary amides is 2. The summed E-state index contributed by atoms with van der Waals surface area (Å²) < 4.78 is 1.12. The number of hydrogen-bond donors (Lipinski definition) is 2. The molecule has 144 valence electrons. The smallest absolute Gasteiger partial charge is 0.324 e. The van der Waals surface area contributed by atoms with Gasteiger partial charge in [-0.15, -0.1) is 11.3 Å². The third kappa shape index (κ3) is 3.04. The molecular formula is C19H11N3O5S2. The van der Waals surface area contributed by atoms with Crippen molar-refractivity contribution in [2.24, 2.45) is 11.5 Å². The monoisotopic (exact) mass is 425 g/mol. The predicted molar refractivity (Wildman–Crippen MR) is 113 cm³/mol. The van der Waals surface area contributed by atoms with E-state index < -0.39 is 16.7 Å². The van der Waals surface area contributed by atoms with Crippen LogP contribution in [0.15, 0.2) is 47.3 Å². The minimum Gasteiger partial charge on any atom is -0.366 e. The Morgan fingerprint density at radius 2 is 1.69 bits per heavy atom. The van der Waals surface area contributed by atoms with E-state index in [0.29, 0.717) is 19.7 Å². The molecule has 8 nitrogen and oxygen atoms in total. The number of benzene rings is 2. The Balaban J connectivity index is 2.14. The summed E-state index contributed by atoms with van der Waals surface area (Å²) in [6.45, 7) is 0. The maximum Gasteiger partial charge on any atom is 0.324 e. The fraction of sp³-hybridized carbons (Fsp3) is 0. The topological polar surface area (TPSA) is 146 Å². The van der Waals surface area contributed by atoms with Crippen molar-refractivity contribution in [2.75, 3.05) is 0 Å². The normalized spacial score (nSPS) is 11.0. The van der Waals surface area contributed by atoms with Crippen LogP contribution in [-0.4, -0.2) is 16.7 Å². The van der Waals surface area contributed by atoms with Crippen LogP contribution in [0.4, 0.5) is 5.00 Å². The van der Waals surface area contributed by atoms with Gasteiger partial charge in [-0.3, -0.25) is 24.5 Å². The summed E-state index contributed by atoms with van der Waals surface area (Å²) in [5, 5.41) is 11.6. The summed E-state index contributed by atoms with van der Waals surface area (Å²) >= 11 is 2.11. The van der Waals surface area contributed by atoms with Gasteiger partial charge < -0.3 is 11.5 Å². The van der Waals surface area contributed by atoms with E-state index in [4.69, 9.17) is 11.5 Å². The van der Waals surface area contributed by atoms with Crippen LogP contribution in [-0.2, 0) is 0 Å². The van der Waals surface area contributed by atoms with Crippen molar-refractivity contribution in [3.63, 3.8) is 0 Å². The molecule has 4 N–H and O–H groups in total. The zero-order chi connectivity index (χ0) is 20.9. The first-order valence-corrected chi connectivity index (χ1v) is 9.79. The van der Waals surface area contributed by atoms with Crippen LogP contribution in [0.2, 0.25) is 0 Å². The second kappa shape index (κ2) is 6.76. The van der Waals surface area contributed by atoms with Crippen molar-refractivity contribution in [3.8, 4) is 10.4 Å². The molecule has 0 aliphatic carbocycles. The lowest BCUT2D eigenvalue weighted by Gasteiger charge is -2.10. The van der Waals surface area contributed by atoms with Gasteiger partial charge in [0.05, 0.1) is 4.92 Å². The van der Waals surface area contributed by atoms with Crippen LogP contribution in [0.25, 0.3) is 30.6 Å². The Morgan fingerprint density at radius 1 is 0.931 bits per heavy atom. The maximum atomic E-state index is 13.3. The van der Waals surface area contributed by atoms with Crippen LogP contribution in [0.3, 0.4) is 0 Å². The van der Waals surface area contributed by atoms with E-state index in [1.54, 1.807) is 12.1 Å². The fourth-order valence-corrected chi connectivity index (χ4v) is 5.13. The molecule has 0 aliphatic heterocycles. The molecule has 2 aromatic heterocycles. The quantitative estimate of drug-likeness (QED) is 0.293. The highest BCUT2D eigenvalue weighted by Gasteiger charge is 2.22. The molecule has 0 fully saturated rings. The van der Waals surface area contributed by atoms with Crippen molar-refractivity contribution in [3.05, 3.63) is 73.9 Å². The first-order chi connectivity index (χ1) is 13.8. The number of hydrogen-bond acceptors (Lipinski definition) is 7. The first kappa shape index (κ1) is 18.7. The molecule has 0 bridgehead atoms. The molecule has 2 aromatic carbocycles. The molecule has 0 saturated carbocycles. The molecule has 4 rings (SSSR count). The van der Waals surface area contributed by atoms with Gasteiger partial charge in [0.2, 0.25) is 11.8 Å². The van der Waals surface area contributed by atoms with Crippen molar-refractivity contribution in [2.45, 2.75) is 0 Å². The van der Waals surface area contributed by atoms with Gasteiger partial charge in [0.1, 0.15) is 0 Å².